The first-order valence-electron chi connectivity index (χ1n) is 17.2. The van der Waals surface area contributed by atoms with Crippen LogP contribution in [0.1, 0.15) is 22.3 Å². The summed E-state index contributed by atoms with van der Waals surface area (Å²) in [5.74, 6) is 3.50. The average Bonchev–Trinajstić information content (AvgIpc) is 3.70. The number of fused-ring (bicyclic) bond motifs is 13. The Morgan fingerprint density at radius 2 is 0.980 bits per heavy atom. The third-order valence-corrected chi connectivity index (χ3v) is 10.5. The first-order chi connectivity index (χ1) is 25.3. The quantitative estimate of drug-likeness (QED) is 0.191. The molecule has 1 aliphatic carbocycles. The zero-order valence-corrected chi connectivity index (χ0v) is 27.4. The second-order valence-corrected chi connectivity index (χ2v) is 13.1. The van der Waals surface area contributed by atoms with Gasteiger partial charge in [0.2, 0.25) is 5.95 Å². The van der Waals surface area contributed by atoms with Crippen molar-refractivity contribution in [1.82, 2.24) is 19.5 Å². The summed E-state index contributed by atoms with van der Waals surface area (Å²) < 4.78 is 9.25. The number of rotatable bonds is 3. The van der Waals surface area contributed by atoms with Crippen molar-refractivity contribution in [2.24, 2.45) is 0 Å². The molecule has 2 aliphatic rings. The molecular formula is C46H28N4O. The van der Waals surface area contributed by atoms with Gasteiger partial charge in [0.05, 0.1) is 21.8 Å². The van der Waals surface area contributed by atoms with E-state index in [4.69, 9.17) is 19.7 Å². The van der Waals surface area contributed by atoms with E-state index in [0.717, 1.165) is 55.6 Å². The molecule has 51 heavy (non-hydrogen) atoms. The Kier molecular flexibility index (Phi) is 5.81. The Bertz CT molecular complexity index is 2740. The minimum absolute atomic E-state index is 0.552. The lowest BCUT2D eigenvalue weighted by Crippen LogP contribution is -2.32. The molecule has 0 atom stereocenters. The molecule has 5 heteroatoms. The Hall–Kier alpha value is -6.85. The lowest BCUT2D eigenvalue weighted by atomic mass is 9.66. The van der Waals surface area contributed by atoms with Crippen molar-refractivity contribution < 1.29 is 4.74 Å². The van der Waals surface area contributed by atoms with Gasteiger partial charge in [0.25, 0.3) is 0 Å². The fraction of sp³-hybridized carbons (Fsp3) is 0.0217. The van der Waals surface area contributed by atoms with E-state index in [0.29, 0.717) is 17.6 Å². The van der Waals surface area contributed by atoms with Gasteiger partial charge < -0.3 is 4.74 Å². The summed E-state index contributed by atoms with van der Waals surface area (Å²) in [6.45, 7) is 0. The average molecular weight is 653 g/mol. The highest BCUT2D eigenvalue weighted by Gasteiger charge is 2.51. The van der Waals surface area contributed by atoms with Gasteiger partial charge in [0, 0.05) is 27.6 Å². The van der Waals surface area contributed by atoms with Gasteiger partial charge in [-0.15, -0.1) is 0 Å². The first-order valence-corrected chi connectivity index (χ1v) is 17.2. The van der Waals surface area contributed by atoms with Gasteiger partial charge in [-0.1, -0.05) is 152 Å². The highest BCUT2D eigenvalue weighted by molar-refractivity contribution is 6.13. The van der Waals surface area contributed by atoms with Crippen LogP contribution in [0.3, 0.4) is 0 Å². The van der Waals surface area contributed by atoms with Gasteiger partial charge in [-0.3, -0.25) is 4.57 Å². The third kappa shape index (κ3) is 3.83. The topological polar surface area (TPSA) is 52.8 Å². The van der Waals surface area contributed by atoms with Crippen LogP contribution < -0.4 is 4.74 Å². The molecule has 1 aliphatic heterocycles. The number of nitrogens with zero attached hydrogens (tertiary/aromatic N) is 4. The molecule has 238 valence electrons. The first kappa shape index (κ1) is 28.0. The molecule has 2 aromatic heterocycles. The summed E-state index contributed by atoms with van der Waals surface area (Å²) in [7, 11) is 0. The Balaban J connectivity index is 1.25. The number of aromatic nitrogens is 4. The van der Waals surface area contributed by atoms with Crippen LogP contribution in [0, 0.1) is 0 Å². The monoisotopic (exact) mass is 652 g/mol. The third-order valence-electron chi connectivity index (χ3n) is 10.5. The summed E-state index contributed by atoms with van der Waals surface area (Å²) in [4.78, 5) is 15.3. The molecule has 3 heterocycles. The van der Waals surface area contributed by atoms with Crippen molar-refractivity contribution in [2.75, 3.05) is 0 Å². The van der Waals surface area contributed by atoms with Gasteiger partial charge in [-0.05, 0) is 40.5 Å². The predicted octanol–water partition coefficient (Wildman–Crippen LogP) is 10.8. The van der Waals surface area contributed by atoms with Gasteiger partial charge in [-0.25, -0.2) is 4.98 Å². The molecule has 0 radical (unpaired) electrons. The van der Waals surface area contributed by atoms with E-state index < -0.39 is 5.41 Å². The Labute approximate surface area is 294 Å². The van der Waals surface area contributed by atoms with Crippen molar-refractivity contribution in [1.29, 1.82) is 0 Å². The van der Waals surface area contributed by atoms with Gasteiger partial charge in [0.1, 0.15) is 11.5 Å². The summed E-state index contributed by atoms with van der Waals surface area (Å²) in [6, 6.07) is 59.4. The molecule has 0 bridgehead atoms. The summed E-state index contributed by atoms with van der Waals surface area (Å²) >= 11 is 0. The maximum Gasteiger partial charge on any atom is 0.238 e. The van der Waals surface area contributed by atoms with Crippen LogP contribution in [0.25, 0.3) is 61.7 Å². The van der Waals surface area contributed by atoms with E-state index >= 15 is 0 Å². The van der Waals surface area contributed by atoms with Crippen molar-refractivity contribution in [2.45, 2.75) is 5.41 Å². The van der Waals surface area contributed by atoms with Crippen LogP contribution >= 0.6 is 0 Å². The van der Waals surface area contributed by atoms with Gasteiger partial charge in [0.15, 0.2) is 11.6 Å². The zero-order chi connectivity index (χ0) is 33.5. The molecule has 0 saturated heterocycles. The number of benzene rings is 7. The molecule has 5 nitrogen and oxygen atoms in total. The molecule has 0 unspecified atom stereocenters. The SMILES string of the molecule is c1ccc(-c2nc(-c3ccccc3)nc(-n3c4ccccc4c4c5c(ccc43)C3(c4ccccc4O5)c4ccccc4-c4ccccc43)n2)cc1. The molecule has 0 amide bonds. The second-order valence-electron chi connectivity index (χ2n) is 13.1. The van der Waals surface area contributed by atoms with Crippen molar-refractivity contribution in [3.05, 3.63) is 192 Å². The molecule has 9 aromatic rings. The van der Waals surface area contributed by atoms with Crippen LogP contribution in [-0.2, 0) is 5.41 Å². The second kappa shape index (κ2) is 10.6. The zero-order valence-electron chi connectivity index (χ0n) is 27.4. The number of hydrogen-bond acceptors (Lipinski definition) is 4. The number of para-hydroxylation sites is 2. The normalized spacial score (nSPS) is 13.4. The fourth-order valence-corrected chi connectivity index (χ4v) is 8.48. The Morgan fingerprint density at radius 1 is 0.431 bits per heavy atom. The highest BCUT2D eigenvalue weighted by atomic mass is 16.5. The van der Waals surface area contributed by atoms with E-state index in [9.17, 15) is 0 Å². The van der Waals surface area contributed by atoms with Crippen LogP contribution in [0.5, 0.6) is 11.5 Å². The molecule has 7 aromatic carbocycles. The van der Waals surface area contributed by atoms with E-state index in [1.807, 2.05) is 60.7 Å². The lowest BCUT2D eigenvalue weighted by molar-refractivity contribution is 0.442. The molecule has 0 fully saturated rings. The van der Waals surface area contributed by atoms with Gasteiger partial charge in [-0.2, -0.15) is 9.97 Å². The molecule has 0 N–H and O–H groups in total. The molecular weight excluding hydrogens is 625 g/mol. The van der Waals surface area contributed by atoms with E-state index in [1.54, 1.807) is 0 Å². The van der Waals surface area contributed by atoms with E-state index in [2.05, 4.69) is 114 Å². The number of ether oxygens (including phenoxy) is 1. The minimum Gasteiger partial charge on any atom is -0.456 e. The van der Waals surface area contributed by atoms with E-state index in [1.165, 1.54) is 22.3 Å². The van der Waals surface area contributed by atoms with Crippen LogP contribution in [0.15, 0.2) is 170 Å². The van der Waals surface area contributed by atoms with Crippen molar-refractivity contribution in [3.63, 3.8) is 0 Å². The summed E-state index contributed by atoms with van der Waals surface area (Å²) in [5.41, 5.74) is 10.6. The van der Waals surface area contributed by atoms with Crippen LogP contribution in [0.4, 0.5) is 0 Å². The predicted molar refractivity (Wildman–Crippen MR) is 202 cm³/mol. The van der Waals surface area contributed by atoms with Crippen molar-refractivity contribution in [3.8, 4) is 51.3 Å². The highest BCUT2D eigenvalue weighted by Crippen LogP contribution is 2.63. The maximum absolute atomic E-state index is 7.08. The molecule has 11 rings (SSSR count). The van der Waals surface area contributed by atoms with Crippen LogP contribution in [-0.4, -0.2) is 19.5 Å². The standard InChI is InChI=1S/C46H28N4O/c1-3-15-29(16-4-1)43-47-44(30-17-5-2-6-18-30)49-45(48-43)50-38-25-13-9-21-33(38)41-39(50)28-27-37-42(41)51-40-26-14-12-24-36(40)46(37)34-22-10-7-19-31(34)32-20-8-11-23-35(32)46/h1-28H. The van der Waals surface area contributed by atoms with E-state index in [-0.39, 0.29) is 0 Å². The largest absolute Gasteiger partial charge is 0.456 e. The van der Waals surface area contributed by atoms with Crippen LogP contribution in [0.2, 0.25) is 0 Å². The lowest BCUT2D eigenvalue weighted by Gasteiger charge is -2.39. The minimum atomic E-state index is -0.553. The van der Waals surface area contributed by atoms with Gasteiger partial charge >= 0.3 is 0 Å². The molecule has 1 spiro atoms. The smallest absolute Gasteiger partial charge is 0.238 e. The summed E-state index contributed by atoms with van der Waals surface area (Å²) in [5, 5.41) is 2.10. The maximum atomic E-state index is 7.08. The Morgan fingerprint density at radius 3 is 1.65 bits per heavy atom. The fourth-order valence-electron chi connectivity index (χ4n) is 8.48. The van der Waals surface area contributed by atoms with Crippen molar-refractivity contribution >= 4 is 21.8 Å². The summed E-state index contributed by atoms with van der Waals surface area (Å²) in [6.07, 6.45) is 0. The number of hydrogen-bond donors (Lipinski definition) is 0. The molecule has 0 saturated carbocycles.